The summed E-state index contributed by atoms with van der Waals surface area (Å²) in [4.78, 5) is 18.7. The largest absolute Gasteiger partial charge is 0.342 e. The highest BCUT2D eigenvalue weighted by Crippen LogP contribution is 2.27. The normalized spacial score (nSPS) is 15.1. The summed E-state index contributed by atoms with van der Waals surface area (Å²) < 4.78 is 23.1. The van der Waals surface area contributed by atoms with Crippen LogP contribution in [0.1, 0.15) is 47.4 Å². The van der Waals surface area contributed by atoms with E-state index in [-0.39, 0.29) is 24.1 Å². The van der Waals surface area contributed by atoms with Crippen molar-refractivity contribution >= 4 is 5.91 Å². The number of amides is 1. The number of hydrogen-bond donors (Lipinski definition) is 0. The Morgan fingerprint density at radius 3 is 2.61 bits per heavy atom. The zero-order valence-electron chi connectivity index (χ0n) is 15.5. The zero-order chi connectivity index (χ0) is 19.5. The van der Waals surface area contributed by atoms with Crippen molar-refractivity contribution in [1.29, 1.82) is 0 Å². The number of aromatic nitrogens is 4. The van der Waals surface area contributed by atoms with Crippen molar-refractivity contribution < 1.29 is 18.3 Å². The van der Waals surface area contributed by atoms with Crippen LogP contribution in [-0.2, 0) is 17.6 Å². The first-order valence-corrected chi connectivity index (χ1v) is 9.21. The SMILES string of the molecule is Cc1nonc1CC(=O)N1CCC(c2nc(Cc3ccc(F)cc3)no2)CC1. The first-order chi connectivity index (χ1) is 13.6. The van der Waals surface area contributed by atoms with Gasteiger partial charge in [0, 0.05) is 25.4 Å². The number of hydrogen-bond acceptors (Lipinski definition) is 7. The van der Waals surface area contributed by atoms with Crippen LogP contribution in [0.3, 0.4) is 0 Å². The van der Waals surface area contributed by atoms with Crippen LogP contribution in [0.25, 0.3) is 0 Å². The van der Waals surface area contributed by atoms with E-state index in [0.29, 0.717) is 42.6 Å². The van der Waals surface area contributed by atoms with Gasteiger partial charge in [0.1, 0.15) is 17.2 Å². The van der Waals surface area contributed by atoms with E-state index in [1.165, 1.54) is 12.1 Å². The zero-order valence-corrected chi connectivity index (χ0v) is 15.5. The van der Waals surface area contributed by atoms with Crippen molar-refractivity contribution in [2.24, 2.45) is 0 Å². The van der Waals surface area contributed by atoms with E-state index in [1.807, 2.05) is 4.90 Å². The third-order valence-electron chi connectivity index (χ3n) is 5.02. The van der Waals surface area contributed by atoms with Crippen LogP contribution in [0.4, 0.5) is 4.39 Å². The van der Waals surface area contributed by atoms with E-state index in [9.17, 15) is 9.18 Å². The van der Waals surface area contributed by atoms with Gasteiger partial charge in [0.15, 0.2) is 5.82 Å². The van der Waals surface area contributed by atoms with Gasteiger partial charge in [-0.3, -0.25) is 4.79 Å². The average Bonchev–Trinajstić information content (AvgIpc) is 3.33. The van der Waals surface area contributed by atoms with E-state index in [2.05, 4.69) is 25.1 Å². The molecule has 3 heterocycles. The van der Waals surface area contributed by atoms with Crippen LogP contribution in [-0.4, -0.2) is 44.4 Å². The van der Waals surface area contributed by atoms with Crippen LogP contribution in [0.15, 0.2) is 33.4 Å². The van der Waals surface area contributed by atoms with Gasteiger partial charge in [-0.15, -0.1) is 0 Å². The van der Waals surface area contributed by atoms with Crippen LogP contribution < -0.4 is 0 Å². The summed E-state index contributed by atoms with van der Waals surface area (Å²) in [5.74, 6) is 1.05. The van der Waals surface area contributed by atoms with Gasteiger partial charge in [-0.05, 0) is 37.5 Å². The molecular formula is C19H20FN5O3. The molecule has 0 unspecified atom stereocenters. The van der Waals surface area contributed by atoms with E-state index < -0.39 is 0 Å². The van der Waals surface area contributed by atoms with Gasteiger partial charge in [0.05, 0.1) is 6.42 Å². The molecule has 0 radical (unpaired) electrons. The molecule has 28 heavy (non-hydrogen) atoms. The highest BCUT2D eigenvalue weighted by atomic mass is 19.1. The minimum atomic E-state index is -0.270. The molecule has 0 atom stereocenters. The molecule has 3 aromatic rings. The molecule has 0 aliphatic carbocycles. The molecule has 0 bridgehead atoms. The Labute approximate surface area is 160 Å². The first kappa shape index (κ1) is 18.3. The van der Waals surface area contributed by atoms with Crippen molar-refractivity contribution in [3.63, 3.8) is 0 Å². The molecule has 1 aromatic carbocycles. The molecule has 8 nitrogen and oxygen atoms in total. The lowest BCUT2D eigenvalue weighted by Gasteiger charge is -2.30. The van der Waals surface area contributed by atoms with Gasteiger partial charge in [-0.25, -0.2) is 9.02 Å². The number of carbonyl (C=O) groups excluding carboxylic acids is 1. The molecule has 4 rings (SSSR count). The number of halogens is 1. The summed E-state index contributed by atoms with van der Waals surface area (Å²) in [6, 6.07) is 6.25. The summed E-state index contributed by atoms with van der Waals surface area (Å²) in [6.07, 6.45) is 2.22. The van der Waals surface area contributed by atoms with E-state index in [1.54, 1.807) is 19.1 Å². The minimum Gasteiger partial charge on any atom is -0.342 e. The van der Waals surface area contributed by atoms with Gasteiger partial charge < -0.3 is 9.42 Å². The molecule has 1 amide bonds. The summed E-state index contributed by atoms with van der Waals surface area (Å²) in [6.45, 7) is 3.03. The van der Waals surface area contributed by atoms with Gasteiger partial charge in [0.2, 0.25) is 11.8 Å². The molecule has 1 fully saturated rings. The highest BCUT2D eigenvalue weighted by Gasteiger charge is 2.28. The van der Waals surface area contributed by atoms with E-state index in [0.717, 1.165) is 18.4 Å². The van der Waals surface area contributed by atoms with Crippen LogP contribution >= 0.6 is 0 Å². The topological polar surface area (TPSA) is 98.2 Å². The molecule has 146 valence electrons. The lowest BCUT2D eigenvalue weighted by Crippen LogP contribution is -2.39. The molecule has 1 aliphatic heterocycles. The Morgan fingerprint density at radius 2 is 1.93 bits per heavy atom. The summed E-state index contributed by atoms with van der Waals surface area (Å²) in [7, 11) is 0. The fourth-order valence-electron chi connectivity index (χ4n) is 3.33. The van der Waals surface area contributed by atoms with Gasteiger partial charge in [-0.2, -0.15) is 4.98 Å². The smallest absolute Gasteiger partial charge is 0.229 e. The molecule has 1 saturated heterocycles. The number of rotatable bonds is 5. The number of aryl methyl sites for hydroxylation is 1. The Hall–Kier alpha value is -3.10. The second kappa shape index (κ2) is 7.87. The number of carbonyl (C=O) groups is 1. The van der Waals surface area contributed by atoms with Crippen molar-refractivity contribution in [3.8, 4) is 0 Å². The number of likely N-dealkylation sites (tertiary alicyclic amines) is 1. The van der Waals surface area contributed by atoms with Crippen molar-refractivity contribution in [2.75, 3.05) is 13.1 Å². The van der Waals surface area contributed by atoms with Gasteiger partial charge in [-0.1, -0.05) is 27.6 Å². The lowest BCUT2D eigenvalue weighted by atomic mass is 9.96. The molecule has 0 saturated carbocycles. The van der Waals surface area contributed by atoms with Crippen LogP contribution in [0, 0.1) is 12.7 Å². The van der Waals surface area contributed by atoms with Crippen molar-refractivity contribution in [1.82, 2.24) is 25.4 Å². The van der Waals surface area contributed by atoms with E-state index in [4.69, 9.17) is 4.52 Å². The predicted octanol–water partition coefficient (Wildman–Crippen LogP) is 2.44. The molecule has 2 aromatic heterocycles. The molecule has 1 aliphatic rings. The summed E-state index contributed by atoms with van der Waals surface area (Å²) in [5.41, 5.74) is 2.14. The Kier molecular flexibility index (Phi) is 5.14. The minimum absolute atomic E-state index is 0.0137. The van der Waals surface area contributed by atoms with Crippen LogP contribution in [0.5, 0.6) is 0 Å². The van der Waals surface area contributed by atoms with E-state index >= 15 is 0 Å². The molecule has 9 heteroatoms. The maximum atomic E-state index is 13.0. The third kappa shape index (κ3) is 4.08. The second-order valence-corrected chi connectivity index (χ2v) is 6.98. The fourth-order valence-corrected chi connectivity index (χ4v) is 3.33. The van der Waals surface area contributed by atoms with Gasteiger partial charge in [0.25, 0.3) is 0 Å². The standard InChI is InChI=1S/C19H20FN5O3/c1-12-16(23-28-22-12)11-18(26)25-8-6-14(7-9-25)19-21-17(24-27-19)10-13-2-4-15(20)5-3-13/h2-5,14H,6-11H2,1H3. The highest BCUT2D eigenvalue weighted by molar-refractivity contribution is 5.78. The second-order valence-electron chi connectivity index (χ2n) is 6.98. The molecule has 0 N–H and O–H groups in total. The monoisotopic (exact) mass is 385 g/mol. The summed E-state index contributed by atoms with van der Waals surface area (Å²) in [5, 5.41) is 11.5. The van der Waals surface area contributed by atoms with Gasteiger partial charge >= 0.3 is 0 Å². The van der Waals surface area contributed by atoms with Crippen molar-refractivity contribution in [3.05, 3.63) is 58.7 Å². The first-order valence-electron chi connectivity index (χ1n) is 9.21. The number of piperidine rings is 1. The lowest BCUT2D eigenvalue weighted by molar-refractivity contribution is -0.131. The Morgan fingerprint density at radius 1 is 1.18 bits per heavy atom. The predicted molar refractivity (Wildman–Crippen MR) is 94.8 cm³/mol. The maximum absolute atomic E-state index is 13.0. The summed E-state index contributed by atoms with van der Waals surface area (Å²) >= 11 is 0. The molecular weight excluding hydrogens is 365 g/mol. The Balaban J connectivity index is 1.31. The quantitative estimate of drug-likeness (QED) is 0.665. The maximum Gasteiger partial charge on any atom is 0.229 e. The van der Waals surface area contributed by atoms with Crippen molar-refractivity contribution in [2.45, 2.75) is 38.5 Å². The number of benzene rings is 1. The third-order valence-corrected chi connectivity index (χ3v) is 5.02. The average molecular weight is 385 g/mol. The number of nitrogens with zero attached hydrogens (tertiary/aromatic N) is 5. The Bertz CT molecular complexity index is 945. The molecule has 0 spiro atoms. The van der Waals surface area contributed by atoms with Crippen LogP contribution in [0.2, 0.25) is 0 Å². The fraction of sp³-hybridized carbons (Fsp3) is 0.421.